The van der Waals surface area contributed by atoms with Crippen LogP contribution in [0.15, 0.2) is 42.5 Å². The molecule has 3 fully saturated rings. The number of carbonyl (C=O) groups excluding carboxylic acids is 3. The first-order valence-corrected chi connectivity index (χ1v) is 15.6. The van der Waals surface area contributed by atoms with Crippen molar-refractivity contribution in [3.05, 3.63) is 53.6 Å². The number of aryl methyl sites for hydroxylation is 2. The van der Waals surface area contributed by atoms with Crippen LogP contribution in [0.25, 0.3) is 0 Å². The number of fused-ring (bicyclic) bond motifs is 1. The van der Waals surface area contributed by atoms with Crippen LogP contribution in [0.4, 0.5) is 11.4 Å². The number of nitrogens with zero attached hydrogens (tertiary/aromatic N) is 1. The minimum absolute atomic E-state index is 0.0849. The second-order valence-corrected chi connectivity index (χ2v) is 13.0. The van der Waals surface area contributed by atoms with Gasteiger partial charge in [-0.2, -0.15) is 0 Å². The average Bonchev–Trinajstić information content (AvgIpc) is 3.55. The van der Waals surface area contributed by atoms with Crippen molar-refractivity contribution in [1.29, 1.82) is 0 Å². The number of hydrogen-bond donors (Lipinski definition) is 3. The fraction of sp³-hybridized carbons (Fsp3) is 0.531. The van der Waals surface area contributed by atoms with Gasteiger partial charge in [0.2, 0.25) is 17.7 Å². The van der Waals surface area contributed by atoms with Gasteiger partial charge in [0, 0.05) is 16.2 Å². The number of aliphatic hydroxyl groups is 1. The molecule has 3 N–H and O–H groups in total. The Balaban J connectivity index is 1.52. The maximum Gasteiger partial charge on any atom is 0.250 e. The highest BCUT2D eigenvalue weighted by molar-refractivity contribution is 9.09. The van der Waals surface area contributed by atoms with Crippen LogP contribution in [0, 0.1) is 31.6 Å². The topological polar surface area (TPSA) is 117 Å². The molecule has 3 heterocycles. The van der Waals surface area contributed by atoms with E-state index in [1.165, 1.54) is 4.90 Å². The van der Waals surface area contributed by atoms with Crippen LogP contribution >= 0.6 is 15.9 Å². The molecule has 2 bridgehead atoms. The lowest BCUT2D eigenvalue weighted by molar-refractivity contribution is -0.144. The summed E-state index contributed by atoms with van der Waals surface area (Å²) in [7, 11) is 0. The summed E-state index contributed by atoms with van der Waals surface area (Å²) in [6.07, 6.45) is 0.501. The summed E-state index contributed by atoms with van der Waals surface area (Å²) in [4.78, 5) is 43.8. The highest BCUT2D eigenvalue weighted by Crippen LogP contribution is 2.60. The number of anilines is 2. The SMILES string of the molecule is CCOc1ccc(NC(=O)[C@H]2[C@@H]3OC4(CC3Br)C(C(=O)Nc3cc(C)ccc3C)N([C@@H](CO)[C@@H](C)CC)C(=O)[C@H]24)cc1. The lowest BCUT2D eigenvalue weighted by Gasteiger charge is -2.38. The van der Waals surface area contributed by atoms with Crippen LogP contribution in [0.1, 0.15) is 44.7 Å². The maximum atomic E-state index is 14.4. The van der Waals surface area contributed by atoms with E-state index >= 15 is 0 Å². The maximum absolute atomic E-state index is 14.4. The van der Waals surface area contributed by atoms with E-state index in [1.54, 1.807) is 24.3 Å². The molecule has 226 valence electrons. The molecule has 0 aliphatic carbocycles. The number of carbonyl (C=O) groups is 3. The van der Waals surface area contributed by atoms with Gasteiger partial charge in [-0.3, -0.25) is 14.4 Å². The number of ether oxygens (including phenoxy) is 2. The average molecular weight is 643 g/mol. The Labute approximate surface area is 255 Å². The normalized spacial score (nSPS) is 29.3. The molecule has 0 saturated carbocycles. The van der Waals surface area contributed by atoms with E-state index in [0.29, 0.717) is 36.6 Å². The first-order valence-electron chi connectivity index (χ1n) is 14.7. The van der Waals surface area contributed by atoms with Crippen LogP contribution in [-0.4, -0.2) is 69.6 Å². The fourth-order valence-corrected chi connectivity index (χ4v) is 7.88. The zero-order valence-corrected chi connectivity index (χ0v) is 26.3. The number of amides is 3. The Morgan fingerprint density at radius 2 is 1.86 bits per heavy atom. The van der Waals surface area contributed by atoms with Crippen LogP contribution in [0.2, 0.25) is 0 Å². The zero-order chi connectivity index (χ0) is 30.3. The number of aliphatic hydroxyl groups excluding tert-OH is 1. The second-order valence-electron chi connectivity index (χ2n) is 11.8. The molecule has 0 aromatic heterocycles. The number of alkyl halides is 1. The molecule has 3 amide bonds. The number of likely N-dealkylation sites (tertiary alicyclic amines) is 1. The third kappa shape index (κ3) is 5.11. The third-order valence-electron chi connectivity index (χ3n) is 9.21. The molecule has 3 unspecified atom stereocenters. The standard InChI is InChI=1S/C32H40BrN3O6/c1-6-18(4)24(16-37)36-28(30(39)35-23-14-17(3)8-9-19(23)5)32-15-22(33)27(42-32)25(26(32)31(36)40)29(38)34-20-10-12-21(13-11-20)41-7-2/h8-14,18,22,24-28,37H,6-7,15-16H2,1-5H3,(H,34,38)(H,35,39)/t18-,22?,24-,25+,26-,27+,28?,32?/m0/s1. The number of benzene rings is 2. The number of rotatable bonds is 10. The van der Waals surface area contributed by atoms with Gasteiger partial charge in [-0.1, -0.05) is 48.3 Å². The van der Waals surface area contributed by atoms with Crippen LogP contribution in [0.5, 0.6) is 5.75 Å². The van der Waals surface area contributed by atoms with Gasteiger partial charge in [0.15, 0.2) is 0 Å². The quantitative estimate of drug-likeness (QED) is 0.330. The van der Waals surface area contributed by atoms with Crippen molar-refractivity contribution >= 4 is 45.0 Å². The van der Waals surface area contributed by atoms with Gasteiger partial charge in [0.25, 0.3) is 0 Å². The summed E-state index contributed by atoms with van der Waals surface area (Å²) in [5.74, 6) is -2.13. The van der Waals surface area contributed by atoms with E-state index in [9.17, 15) is 19.5 Å². The predicted octanol–water partition coefficient (Wildman–Crippen LogP) is 4.43. The number of halogens is 1. The Kier molecular flexibility index (Phi) is 8.70. The monoisotopic (exact) mass is 641 g/mol. The van der Waals surface area contributed by atoms with Gasteiger partial charge < -0.3 is 30.1 Å². The molecule has 9 nitrogen and oxygen atoms in total. The van der Waals surface area contributed by atoms with Crippen molar-refractivity contribution in [1.82, 2.24) is 4.90 Å². The lowest BCUT2D eigenvalue weighted by Crippen LogP contribution is -2.57. The van der Waals surface area contributed by atoms with Gasteiger partial charge >= 0.3 is 0 Å². The van der Waals surface area contributed by atoms with Crippen LogP contribution < -0.4 is 15.4 Å². The minimum atomic E-state index is -1.22. The third-order valence-corrected chi connectivity index (χ3v) is 10.1. The van der Waals surface area contributed by atoms with Gasteiger partial charge in [0.05, 0.1) is 37.2 Å². The molecular weight excluding hydrogens is 602 g/mol. The molecule has 42 heavy (non-hydrogen) atoms. The fourth-order valence-electron chi connectivity index (χ4n) is 6.94. The van der Waals surface area contributed by atoms with E-state index in [4.69, 9.17) is 9.47 Å². The molecule has 1 spiro atoms. The first kappa shape index (κ1) is 30.5. The molecule has 2 aromatic rings. The molecule has 5 rings (SSSR count). The molecule has 3 saturated heterocycles. The van der Waals surface area contributed by atoms with Crippen LogP contribution in [-0.2, 0) is 19.1 Å². The number of nitrogens with one attached hydrogen (secondary N) is 2. The molecule has 10 heteroatoms. The summed E-state index contributed by atoms with van der Waals surface area (Å²) < 4.78 is 12.1. The Hall–Kier alpha value is -2.95. The summed E-state index contributed by atoms with van der Waals surface area (Å²) in [6, 6.07) is 11.2. The highest BCUT2D eigenvalue weighted by atomic mass is 79.9. The summed E-state index contributed by atoms with van der Waals surface area (Å²) in [6.45, 7) is 9.94. The van der Waals surface area contributed by atoms with Crippen molar-refractivity contribution in [2.24, 2.45) is 17.8 Å². The van der Waals surface area contributed by atoms with E-state index in [0.717, 1.165) is 11.1 Å². The van der Waals surface area contributed by atoms with E-state index in [1.807, 2.05) is 52.8 Å². The second kappa shape index (κ2) is 12.0. The Bertz CT molecular complexity index is 1350. The molecule has 8 atom stereocenters. The summed E-state index contributed by atoms with van der Waals surface area (Å²) in [5.41, 5.74) is 1.89. The van der Waals surface area contributed by atoms with E-state index in [2.05, 4.69) is 26.6 Å². The van der Waals surface area contributed by atoms with Crippen molar-refractivity contribution in [2.75, 3.05) is 23.8 Å². The van der Waals surface area contributed by atoms with E-state index in [-0.39, 0.29) is 35.1 Å². The van der Waals surface area contributed by atoms with Crippen molar-refractivity contribution < 1.29 is 29.0 Å². The lowest BCUT2D eigenvalue weighted by atomic mass is 9.70. The smallest absolute Gasteiger partial charge is 0.250 e. The van der Waals surface area contributed by atoms with Crippen molar-refractivity contribution in [3.8, 4) is 5.75 Å². The van der Waals surface area contributed by atoms with Gasteiger partial charge in [0.1, 0.15) is 17.4 Å². The van der Waals surface area contributed by atoms with Crippen LogP contribution in [0.3, 0.4) is 0 Å². The molecular formula is C32H40BrN3O6. The molecule has 0 radical (unpaired) electrons. The van der Waals surface area contributed by atoms with Crippen molar-refractivity contribution in [2.45, 2.75) is 76.1 Å². The Morgan fingerprint density at radius 1 is 1.14 bits per heavy atom. The minimum Gasteiger partial charge on any atom is -0.494 e. The summed E-state index contributed by atoms with van der Waals surface area (Å²) >= 11 is 3.72. The highest BCUT2D eigenvalue weighted by Gasteiger charge is 2.77. The largest absolute Gasteiger partial charge is 0.494 e. The molecule has 3 aliphatic rings. The van der Waals surface area contributed by atoms with Crippen molar-refractivity contribution in [3.63, 3.8) is 0 Å². The Morgan fingerprint density at radius 3 is 2.50 bits per heavy atom. The summed E-state index contributed by atoms with van der Waals surface area (Å²) in [5, 5.41) is 16.5. The number of hydrogen-bond acceptors (Lipinski definition) is 6. The first-order chi connectivity index (χ1) is 20.1. The van der Waals surface area contributed by atoms with Gasteiger partial charge in [-0.15, -0.1) is 0 Å². The van der Waals surface area contributed by atoms with Gasteiger partial charge in [-0.25, -0.2) is 0 Å². The molecule has 2 aromatic carbocycles. The van der Waals surface area contributed by atoms with Gasteiger partial charge in [-0.05, 0) is 74.6 Å². The predicted molar refractivity (Wildman–Crippen MR) is 164 cm³/mol. The molecule has 3 aliphatic heterocycles. The van der Waals surface area contributed by atoms with E-state index < -0.39 is 35.6 Å². The zero-order valence-electron chi connectivity index (χ0n) is 24.7.